The predicted molar refractivity (Wildman–Crippen MR) is 63.2 cm³/mol. The van der Waals surface area contributed by atoms with Crippen LogP contribution in [-0.2, 0) is 9.47 Å². The maximum absolute atomic E-state index is 5.93. The van der Waals surface area contributed by atoms with Crippen LogP contribution in [-0.4, -0.2) is 24.7 Å². The summed E-state index contributed by atoms with van der Waals surface area (Å²) in [4.78, 5) is 0. The molecule has 3 heteroatoms. The second kappa shape index (κ2) is 4.24. The van der Waals surface area contributed by atoms with Gasteiger partial charge in [0.2, 0.25) is 0 Å². The lowest BCUT2D eigenvalue weighted by atomic mass is 9.89. The van der Waals surface area contributed by atoms with Crippen LogP contribution in [0.25, 0.3) is 0 Å². The Balaban J connectivity index is 4.49. The maximum atomic E-state index is 5.93. The lowest BCUT2D eigenvalue weighted by Gasteiger charge is -2.40. The highest BCUT2D eigenvalue weighted by Crippen LogP contribution is 2.26. The average molecular weight is 200 g/mol. The molecule has 0 saturated heterocycles. The van der Waals surface area contributed by atoms with Gasteiger partial charge in [-0.2, -0.15) is 0 Å². The Bertz CT molecular complexity index is 161. The SMILES string of the molecule is BC(CC)(OC(C)(C)C)OC(C)(C)C. The predicted octanol–water partition coefficient (Wildman–Crippen LogP) is 2.31. The third kappa shape index (κ3) is 6.44. The number of ether oxygens (including phenoxy) is 2. The normalized spacial score (nSPS) is 14.5. The smallest absolute Gasteiger partial charge is 0.178 e. The molecule has 0 aromatic heterocycles. The molecule has 84 valence electrons. The third-order valence-corrected chi connectivity index (χ3v) is 1.69. The van der Waals surface area contributed by atoms with E-state index in [1.807, 2.05) is 49.4 Å². The third-order valence-electron chi connectivity index (χ3n) is 1.69. The van der Waals surface area contributed by atoms with Crippen LogP contribution >= 0.6 is 0 Å². The quantitative estimate of drug-likeness (QED) is 0.514. The van der Waals surface area contributed by atoms with Gasteiger partial charge in [0.15, 0.2) is 7.85 Å². The molecule has 0 spiro atoms. The molecule has 0 amide bonds. The van der Waals surface area contributed by atoms with Crippen LogP contribution in [0.4, 0.5) is 0 Å². The Hall–Kier alpha value is -0.0151. The molecule has 0 N–H and O–H groups in total. The molecule has 0 saturated carbocycles. The summed E-state index contributed by atoms with van der Waals surface area (Å²) in [7, 11) is 2.00. The van der Waals surface area contributed by atoms with E-state index in [-0.39, 0.29) is 11.2 Å². The zero-order valence-corrected chi connectivity index (χ0v) is 11.0. The van der Waals surface area contributed by atoms with Crippen LogP contribution < -0.4 is 0 Å². The van der Waals surface area contributed by atoms with Crippen LogP contribution in [0.1, 0.15) is 54.9 Å². The summed E-state index contributed by atoms with van der Waals surface area (Å²) in [6.07, 6.45) is 0.849. The van der Waals surface area contributed by atoms with E-state index >= 15 is 0 Å². The summed E-state index contributed by atoms with van der Waals surface area (Å²) in [5.74, 6) is 0. The molecule has 0 radical (unpaired) electrons. The molecule has 0 aromatic carbocycles. The van der Waals surface area contributed by atoms with Crippen molar-refractivity contribution in [2.75, 3.05) is 0 Å². The lowest BCUT2D eigenvalue weighted by Crippen LogP contribution is -2.47. The van der Waals surface area contributed by atoms with Crippen LogP contribution in [0.3, 0.4) is 0 Å². The van der Waals surface area contributed by atoms with Gasteiger partial charge in [-0.15, -0.1) is 0 Å². The van der Waals surface area contributed by atoms with Crippen molar-refractivity contribution in [1.82, 2.24) is 0 Å². The molecule has 0 bridgehead atoms. The summed E-state index contributed by atoms with van der Waals surface area (Å²) in [6.45, 7) is 14.4. The van der Waals surface area contributed by atoms with Gasteiger partial charge in [-0.3, -0.25) is 0 Å². The van der Waals surface area contributed by atoms with Gasteiger partial charge in [-0.1, -0.05) is 6.92 Å². The average Bonchev–Trinajstić information content (AvgIpc) is 1.78. The number of rotatable bonds is 3. The fourth-order valence-corrected chi connectivity index (χ4v) is 1.46. The van der Waals surface area contributed by atoms with Gasteiger partial charge >= 0.3 is 0 Å². The van der Waals surface area contributed by atoms with Crippen molar-refractivity contribution >= 4 is 7.85 Å². The highest BCUT2D eigenvalue weighted by Gasteiger charge is 2.33. The first-order chi connectivity index (χ1) is 5.97. The maximum Gasteiger partial charge on any atom is 0.178 e. The first-order valence-corrected chi connectivity index (χ1v) is 5.38. The van der Waals surface area contributed by atoms with Crippen molar-refractivity contribution in [3.05, 3.63) is 0 Å². The summed E-state index contributed by atoms with van der Waals surface area (Å²) in [5.41, 5.74) is -0.831. The Morgan fingerprint density at radius 1 is 0.857 bits per heavy atom. The van der Waals surface area contributed by atoms with Crippen molar-refractivity contribution in [1.29, 1.82) is 0 Å². The fourth-order valence-electron chi connectivity index (χ4n) is 1.46. The Morgan fingerprint density at radius 3 is 1.29 bits per heavy atom. The van der Waals surface area contributed by atoms with Crippen LogP contribution in [0, 0.1) is 0 Å². The van der Waals surface area contributed by atoms with Crippen molar-refractivity contribution in [2.45, 2.75) is 71.8 Å². The van der Waals surface area contributed by atoms with Crippen molar-refractivity contribution in [3.63, 3.8) is 0 Å². The zero-order valence-electron chi connectivity index (χ0n) is 11.0. The number of hydrogen-bond donors (Lipinski definition) is 0. The molecule has 0 atom stereocenters. The van der Waals surface area contributed by atoms with Crippen molar-refractivity contribution in [2.24, 2.45) is 0 Å². The van der Waals surface area contributed by atoms with E-state index < -0.39 is 5.69 Å². The van der Waals surface area contributed by atoms with Crippen LogP contribution in [0.15, 0.2) is 0 Å². The van der Waals surface area contributed by atoms with Gasteiger partial charge in [-0.05, 0) is 48.0 Å². The largest absolute Gasteiger partial charge is 0.353 e. The second-order valence-electron chi connectivity index (χ2n) is 5.92. The first-order valence-electron chi connectivity index (χ1n) is 5.38. The minimum Gasteiger partial charge on any atom is -0.353 e. The van der Waals surface area contributed by atoms with Gasteiger partial charge in [0.05, 0.1) is 11.2 Å². The van der Waals surface area contributed by atoms with Gasteiger partial charge in [0.25, 0.3) is 0 Å². The summed E-state index contributed by atoms with van der Waals surface area (Å²) in [5, 5.41) is 0. The summed E-state index contributed by atoms with van der Waals surface area (Å²) in [6, 6.07) is 0. The molecule has 0 heterocycles. The van der Waals surface area contributed by atoms with Crippen molar-refractivity contribution < 1.29 is 9.47 Å². The highest BCUT2D eigenvalue weighted by molar-refractivity contribution is 6.13. The van der Waals surface area contributed by atoms with E-state index in [4.69, 9.17) is 9.47 Å². The fraction of sp³-hybridized carbons (Fsp3) is 1.00. The molecule has 0 aromatic rings. The molecule has 14 heavy (non-hydrogen) atoms. The van der Waals surface area contributed by atoms with Crippen molar-refractivity contribution in [3.8, 4) is 0 Å². The molecular formula is C11H25BO2. The van der Waals surface area contributed by atoms with E-state index in [2.05, 4.69) is 6.92 Å². The Kier molecular flexibility index (Phi) is 4.23. The molecule has 0 unspecified atom stereocenters. The molecular weight excluding hydrogens is 175 g/mol. The summed E-state index contributed by atoms with van der Waals surface area (Å²) >= 11 is 0. The van der Waals surface area contributed by atoms with Crippen LogP contribution in [0.5, 0.6) is 0 Å². The van der Waals surface area contributed by atoms with E-state index in [0.29, 0.717) is 0 Å². The van der Waals surface area contributed by atoms with Gasteiger partial charge in [0, 0.05) is 0 Å². The monoisotopic (exact) mass is 200 g/mol. The van der Waals surface area contributed by atoms with Gasteiger partial charge in [-0.25, -0.2) is 0 Å². The summed E-state index contributed by atoms with van der Waals surface area (Å²) < 4.78 is 11.9. The van der Waals surface area contributed by atoms with E-state index in [1.54, 1.807) is 0 Å². The lowest BCUT2D eigenvalue weighted by molar-refractivity contribution is -0.264. The topological polar surface area (TPSA) is 18.5 Å². The molecule has 2 nitrogen and oxygen atoms in total. The zero-order chi connectivity index (χ0) is 11.6. The minimum absolute atomic E-state index is 0.171. The van der Waals surface area contributed by atoms with Gasteiger partial charge in [0.1, 0.15) is 5.69 Å². The molecule has 0 aliphatic heterocycles. The van der Waals surface area contributed by atoms with E-state index in [0.717, 1.165) is 6.42 Å². The first kappa shape index (κ1) is 14.0. The molecule has 0 rings (SSSR count). The van der Waals surface area contributed by atoms with E-state index in [9.17, 15) is 0 Å². The van der Waals surface area contributed by atoms with Crippen LogP contribution in [0.2, 0.25) is 0 Å². The Morgan fingerprint density at radius 2 is 1.14 bits per heavy atom. The standard InChI is InChI=1S/C11H25BO2/c1-8-11(12,13-9(2,3)4)14-10(5,6)7/h8,12H2,1-7H3. The van der Waals surface area contributed by atoms with Gasteiger partial charge < -0.3 is 9.47 Å². The number of hydrogen-bond acceptors (Lipinski definition) is 2. The van der Waals surface area contributed by atoms with E-state index in [1.165, 1.54) is 0 Å². The second-order valence-corrected chi connectivity index (χ2v) is 5.92. The highest BCUT2D eigenvalue weighted by atomic mass is 16.7. The minimum atomic E-state index is -0.490. The molecule has 0 fully saturated rings. The molecule has 0 aliphatic rings. The molecule has 0 aliphatic carbocycles. The Labute approximate surface area is 89.8 Å².